The van der Waals surface area contributed by atoms with Crippen molar-refractivity contribution < 1.29 is 9.59 Å². The van der Waals surface area contributed by atoms with Crippen molar-refractivity contribution in [2.24, 2.45) is 0 Å². The zero-order chi connectivity index (χ0) is 18.7. The molecule has 1 N–H and O–H groups in total. The van der Waals surface area contributed by atoms with Crippen molar-refractivity contribution >= 4 is 23.2 Å². The number of aryl methyl sites for hydroxylation is 2. The van der Waals surface area contributed by atoms with Crippen molar-refractivity contribution in [1.29, 1.82) is 0 Å². The van der Waals surface area contributed by atoms with E-state index >= 15 is 0 Å². The smallest absolute Gasteiger partial charge is 0.272 e. The number of pyridine rings is 1. The topological polar surface area (TPSA) is 65.5 Å². The summed E-state index contributed by atoms with van der Waals surface area (Å²) in [5.41, 5.74) is 4.60. The molecule has 2 heterocycles. The monoisotopic (exact) mass is 352 g/mol. The van der Waals surface area contributed by atoms with Crippen LogP contribution >= 0.6 is 0 Å². The van der Waals surface area contributed by atoms with Crippen molar-refractivity contribution in [3.8, 4) is 0 Å². The second kappa shape index (κ2) is 7.56. The Hall–Kier alpha value is -2.89. The van der Waals surface area contributed by atoms with Crippen LogP contribution in [0.3, 0.4) is 0 Å². The largest absolute Gasteiger partial charge is 0.355 e. The SMILES string of the molecule is CC(=O)N1CCN(C(=O)c2cc(Nc3c(C)cccc3C)ccn2)CC1. The van der Waals surface area contributed by atoms with Gasteiger partial charge in [0.25, 0.3) is 5.91 Å². The van der Waals surface area contributed by atoms with Crippen LogP contribution in [0.1, 0.15) is 28.5 Å². The average molecular weight is 352 g/mol. The normalized spacial score (nSPS) is 14.3. The van der Waals surface area contributed by atoms with Crippen molar-refractivity contribution in [1.82, 2.24) is 14.8 Å². The van der Waals surface area contributed by atoms with Gasteiger partial charge in [-0.2, -0.15) is 0 Å². The molecule has 2 aromatic rings. The molecular formula is C20H24N4O2. The molecule has 0 saturated carbocycles. The Balaban J connectivity index is 1.73. The molecule has 2 amide bonds. The van der Waals surface area contributed by atoms with Gasteiger partial charge in [0.05, 0.1) is 0 Å². The molecule has 1 fully saturated rings. The number of piperazine rings is 1. The lowest BCUT2D eigenvalue weighted by Gasteiger charge is -2.34. The molecule has 3 rings (SSSR count). The number of amides is 2. The molecular weight excluding hydrogens is 328 g/mol. The summed E-state index contributed by atoms with van der Waals surface area (Å²) in [6.07, 6.45) is 1.65. The van der Waals surface area contributed by atoms with Crippen LogP contribution in [-0.4, -0.2) is 52.8 Å². The molecule has 0 radical (unpaired) electrons. The summed E-state index contributed by atoms with van der Waals surface area (Å²) in [6, 6.07) is 9.77. The van der Waals surface area contributed by atoms with Crippen LogP contribution in [0.2, 0.25) is 0 Å². The predicted molar refractivity (Wildman–Crippen MR) is 102 cm³/mol. The summed E-state index contributed by atoms with van der Waals surface area (Å²) in [4.78, 5) is 31.9. The lowest BCUT2D eigenvalue weighted by atomic mass is 10.1. The first-order chi connectivity index (χ1) is 12.5. The van der Waals surface area contributed by atoms with Gasteiger partial charge < -0.3 is 15.1 Å². The van der Waals surface area contributed by atoms with Gasteiger partial charge in [0.2, 0.25) is 5.91 Å². The van der Waals surface area contributed by atoms with Crippen LogP contribution in [0.15, 0.2) is 36.5 Å². The van der Waals surface area contributed by atoms with Crippen LogP contribution in [0.4, 0.5) is 11.4 Å². The maximum absolute atomic E-state index is 12.7. The fourth-order valence-electron chi connectivity index (χ4n) is 3.17. The summed E-state index contributed by atoms with van der Waals surface area (Å²) in [7, 11) is 0. The van der Waals surface area contributed by atoms with Gasteiger partial charge in [-0.3, -0.25) is 14.6 Å². The Morgan fingerprint density at radius 1 is 1.00 bits per heavy atom. The second-order valence-corrected chi connectivity index (χ2v) is 6.62. The van der Waals surface area contributed by atoms with E-state index in [0.717, 1.165) is 22.5 Å². The highest BCUT2D eigenvalue weighted by Crippen LogP contribution is 2.24. The molecule has 1 aliphatic heterocycles. The molecule has 1 saturated heterocycles. The van der Waals surface area contributed by atoms with Crippen LogP contribution in [0, 0.1) is 13.8 Å². The van der Waals surface area contributed by atoms with E-state index in [0.29, 0.717) is 31.9 Å². The number of nitrogens with one attached hydrogen (secondary N) is 1. The highest BCUT2D eigenvalue weighted by atomic mass is 16.2. The Labute approximate surface area is 153 Å². The molecule has 6 heteroatoms. The van der Waals surface area contributed by atoms with Gasteiger partial charge >= 0.3 is 0 Å². The molecule has 0 spiro atoms. The summed E-state index contributed by atoms with van der Waals surface area (Å²) in [5, 5.41) is 3.40. The van der Waals surface area contributed by atoms with Crippen molar-refractivity contribution in [3.05, 3.63) is 53.3 Å². The molecule has 1 aromatic heterocycles. The Kier molecular flexibility index (Phi) is 5.21. The number of carbonyl (C=O) groups excluding carboxylic acids is 2. The minimum atomic E-state index is -0.0987. The van der Waals surface area contributed by atoms with Crippen LogP contribution < -0.4 is 5.32 Å². The number of para-hydroxylation sites is 1. The molecule has 0 bridgehead atoms. The Morgan fingerprint density at radius 2 is 1.62 bits per heavy atom. The Bertz CT molecular complexity index is 806. The maximum atomic E-state index is 12.7. The number of aromatic nitrogens is 1. The van der Waals surface area contributed by atoms with E-state index in [4.69, 9.17) is 0 Å². The highest BCUT2D eigenvalue weighted by Gasteiger charge is 2.24. The molecule has 0 atom stereocenters. The van der Waals surface area contributed by atoms with E-state index in [1.54, 1.807) is 29.0 Å². The van der Waals surface area contributed by atoms with Gasteiger partial charge in [-0.1, -0.05) is 18.2 Å². The minimum absolute atomic E-state index is 0.0509. The third-order valence-corrected chi connectivity index (χ3v) is 4.74. The fraction of sp³-hybridized carbons (Fsp3) is 0.350. The summed E-state index contributed by atoms with van der Waals surface area (Å²) in [5.74, 6) is -0.0478. The van der Waals surface area contributed by atoms with E-state index in [2.05, 4.69) is 36.3 Å². The minimum Gasteiger partial charge on any atom is -0.355 e. The van der Waals surface area contributed by atoms with Gasteiger partial charge in [-0.25, -0.2) is 0 Å². The molecule has 26 heavy (non-hydrogen) atoms. The number of carbonyl (C=O) groups is 2. The number of hydrogen-bond acceptors (Lipinski definition) is 4. The van der Waals surface area contributed by atoms with Crippen LogP contribution in [0.5, 0.6) is 0 Å². The molecule has 1 aliphatic rings. The molecule has 6 nitrogen and oxygen atoms in total. The van der Waals surface area contributed by atoms with Gasteiger partial charge in [-0.15, -0.1) is 0 Å². The zero-order valence-electron chi connectivity index (χ0n) is 15.5. The lowest BCUT2D eigenvalue weighted by Crippen LogP contribution is -2.50. The summed E-state index contributed by atoms with van der Waals surface area (Å²) >= 11 is 0. The number of rotatable bonds is 3. The first-order valence-corrected chi connectivity index (χ1v) is 8.80. The van der Waals surface area contributed by atoms with E-state index in [9.17, 15) is 9.59 Å². The van der Waals surface area contributed by atoms with E-state index in [1.807, 2.05) is 12.1 Å². The van der Waals surface area contributed by atoms with Gasteiger partial charge in [0.15, 0.2) is 0 Å². The predicted octanol–water partition coefficient (Wildman–Crippen LogP) is 2.75. The molecule has 0 aliphatic carbocycles. The average Bonchev–Trinajstić information content (AvgIpc) is 2.64. The van der Waals surface area contributed by atoms with Crippen molar-refractivity contribution in [2.45, 2.75) is 20.8 Å². The van der Waals surface area contributed by atoms with E-state index in [1.165, 1.54) is 0 Å². The van der Waals surface area contributed by atoms with Crippen LogP contribution in [-0.2, 0) is 4.79 Å². The van der Waals surface area contributed by atoms with E-state index in [-0.39, 0.29) is 11.8 Å². The standard InChI is InChI=1S/C20H24N4O2/c1-14-5-4-6-15(2)19(14)22-17-7-8-21-18(13-17)20(26)24-11-9-23(10-12-24)16(3)25/h4-8,13H,9-12H2,1-3H3,(H,21,22). The highest BCUT2D eigenvalue weighted by molar-refractivity contribution is 5.93. The summed E-state index contributed by atoms with van der Waals surface area (Å²) in [6.45, 7) is 7.88. The quantitative estimate of drug-likeness (QED) is 0.922. The number of anilines is 2. The fourth-order valence-corrected chi connectivity index (χ4v) is 3.17. The van der Waals surface area contributed by atoms with E-state index < -0.39 is 0 Å². The van der Waals surface area contributed by atoms with Gasteiger partial charge in [0.1, 0.15) is 5.69 Å². The third-order valence-electron chi connectivity index (χ3n) is 4.74. The third kappa shape index (κ3) is 3.85. The molecule has 0 unspecified atom stereocenters. The maximum Gasteiger partial charge on any atom is 0.272 e. The molecule has 136 valence electrons. The first-order valence-electron chi connectivity index (χ1n) is 8.80. The first kappa shape index (κ1) is 17.9. The second-order valence-electron chi connectivity index (χ2n) is 6.62. The Morgan fingerprint density at radius 3 is 2.23 bits per heavy atom. The number of benzene rings is 1. The van der Waals surface area contributed by atoms with Gasteiger partial charge in [0, 0.05) is 50.7 Å². The zero-order valence-corrected chi connectivity index (χ0v) is 15.5. The summed E-state index contributed by atoms with van der Waals surface area (Å²) < 4.78 is 0. The lowest BCUT2D eigenvalue weighted by molar-refractivity contribution is -0.130. The molecule has 1 aromatic carbocycles. The number of nitrogens with zero attached hydrogens (tertiary/aromatic N) is 3. The van der Waals surface area contributed by atoms with Crippen molar-refractivity contribution in [2.75, 3.05) is 31.5 Å². The van der Waals surface area contributed by atoms with Crippen LogP contribution in [0.25, 0.3) is 0 Å². The van der Waals surface area contributed by atoms with Crippen molar-refractivity contribution in [3.63, 3.8) is 0 Å². The van der Waals surface area contributed by atoms with Gasteiger partial charge in [-0.05, 0) is 37.1 Å². The number of hydrogen-bond donors (Lipinski definition) is 1.